The normalized spacial score (nSPS) is 11.4. The number of rotatable bonds is 11. The van der Waals surface area contributed by atoms with Gasteiger partial charge in [-0.3, -0.25) is 4.79 Å². The quantitative estimate of drug-likeness (QED) is 0.161. The van der Waals surface area contributed by atoms with Gasteiger partial charge in [0.1, 0.15) is 11.6 Å². The molecular weight excluding hydrogens is 498 g/mol. The highest BCUT2D eigenvalue weighted by atomic mass is 19.4. The van der Waals surface area contributed by atoms with Crippen LogP contribution in [0.4, 0.5) is 29.3 Å². The van der Waals surface area contributed by atoms with E-state index in [1.165, 1.54) is 12.1 Å². The molecule has 1 aromatic heterocycles. The van der Waals surface area contributed by atoms with Crippen molar-refractivity contribution in [3.63, 3.8) is 0 Å². The highest BCUT2D eigenvalue weighted by molar-refractivity contribution is 6.06. The number of hydrogen-bond acceptors (Lipinski definition) is 8. The molecule has 1 amide bonds. The molecule has 3 aromatic rings. The van der Waals surface area contributed by atoms with Crippen molar-refractivity contribution < 1.29 is 36.3 Å². The van der Waals surface area contributed by atoms with E-state index in [4.69, 9.17) is 4.42 Å². The third kappa shape index (κ3) is 7.74. The predicted octanol–water partition coefficient (Wildman–Crippen LogP) is 4.74. The van der Waals surface area contributed by atoms with E-state index in [1.807, 2.05) is 0 Å². The number of aromatic nitrogens is 2. The number of nitrogens with one attached hydrogen (secondary N) is 2. The van der Waals surface area contributed by atoms with Crippen LogP contribution in [-0.4, -0.2) is 59.3 Å². The van der Waals surface area contributed by atoms with Crippen molar-refractivity contribution in [2.24, 2.45) is 0 Å². The number of amides is 1. The zero-order chi connectivity index (χ0) is 27.0. The first-order chi connectivity index (χ1) is 17.6. The van der Waals surface area contributed by atoms with Crippen LogP contribution in [0.1, 0.15) is 30.6 Å². The van der Waals surface area contributed by atoms with Gasteiger partial charge in [0.25, 0.3) is 5.91 Å². The van der Waals surface area contributed by atoms with Crippen LogP contribution in [0, 0.1) is 5.82 Å². The van der Waals surface area contributed by atoms with Gasteiger partial charge in [0.05, 0.1) is 5.56 Å². The molecule has 1 heterocycles. The van der Waals surface area contributed by atoms with Crippen LogP contribution in [0.3, 0.4) is 0 Å². The number of benzene rings is 2. The Labute approximate surface area is 209 Å². The topological polar surface area (TPSA) is 110 Å². The standard InChI is InChI=1S/C24H25F4N5O4/c1-3-33(4-2)13-5-12-29-23-32-31-21(37-23)15-6-9-17(10-7-15)30-20(34)18-11-8-16(25)14-19(18)36-22(35)24(26,27)28/h6-11,14H,3-5,12-13H2,1-2H3,(H,29,32)(H,30,34). The fourth-order valence-electron chi connectivity index (χ4n) is 3.27. The fraction of sp³-hybridized carbons (Fsp3) is 0.333. The Morgan fingerprint density at radius 1 is 1.05 bits per heavy atom. The lowest BCUT2D eigenvalue weighted by molar-refractivity contribution is -0.189. The number of esters is 1. The van der Waals surface area contributed by atoms with Crippen molar-refractivity contribution in [3.8, 4) is 17.2 Å². The summed E-state index contributed by atoms with van der Waals surface area (Å²) in [5, 5.41) is 13.5. The van der Waals surface area contributed by atoms with Gasteiger partial charge in [0, 0.05) is 23.9 Å². The second-order valence-corrected chi connectivity index (χ2v) is 7.78. The first-order valence-electron chi connectivity index (χ1n) is 11.4. The minimum Gasteiger partial charge on any atom is -0.419 e. The third-order valence-corrected chi connectivity index (χ3v) is 5.26. The summed E-state index contributed by atoms with van der Waals surface area (Å²) in [5.41, 5.74) is 0.361. The van der Waals surface area contributed by atoms with Crippen molar-refractivity contribution in [2.45, 2.75) is 26.4 Å². The molecule has 0 spiro atoms. The predicted molar refractivity (Wildman–Crippen MR) is 127 cm³/mol. The summed E-state index contributed by atoms with van der Waals surface area (Å²) < 4.78 is 60.9. The van der Waals surface area contributed by atoms with Gasteiger partial charge in [-0.1, -0.05) is 18.9 Å². The summed E-state index contributed by atoms with van der Waals surface area (Å²) in [4.78, 5) is 26.0. The summed E-state index contributed by atoms with van der Waals surface area (Å²) in [6.07, 6.45) is -4.41. The van der Waals surface area contributed by atoms with Crippen molar-refractivity contribution in [2.75, 3.05) is 36.8 Å². The molecule has 13 heteroatoms. The van der Waals surface area contributed by atoms with E-state index in [0.29, 0.717) is 18.2 Å². The average molecular weight is 523 g/mol. The summed E-state index contributed by atoms with van der Waals surface area (Å²) in [7, 11) is 0. The van der Waals surface area contributed by atoms with Crippen LogP contribution in [0.15, 0.2) is 46.9 Å². The summed E-state index contributed by atoms with van der Waals surface area (Å²) in [6.45, 7) is 7.77. The Balaban J connectivity index is 1.61. The van der Waals surface area contributed by atoms with Crippen molar-refractivity contribution >= 4 is 23.6 Å². The fourth-order valence-corrected chi connectivity index (χ4v) is 3.27. The van der Waals surface area contributed by atoms with Crippen LogP contribution < -0.4 is 15.4 Å². The van der Waals surface area contributed by atoms with Gasteiger partial charge in [-0.15, -0.1) is 5.10 Å². The Kier molecular flexibility index (Phi) is 9.17. The van der Waals surface area contributed by atoms with Gasteiger partial charge in [0.2, 0.25) is 5.89 Å². The lowest BCUT2D eigenvalue weighted by Gasteiger charge is -2.17. The van der Waals surface area contributed by atoms with Gasteiger partial charge in [-0.2, -0.15) is 13.2 Å². The Morgan fingerprint density at radius 2 is 1.76 bits per heavy atom. The number of ether oxygens (including phenoxy) is 1. The van der Waals surface area contributed by atoms with Crippen molar-refractivity contribution in [1.82, 2.24) is 15.1 Å². The number of alkyl halides is 3. The van der Waals surface area contributed by atoms with Gasteiger partial charge in [0.15, 0.2) is 0 Å². The minimum absolute atomic E-state index is 0.240. The molecule has 9 nitrogen and oxygen atoms in total. The van der Waals surface area contributed by atoms with E-state index < -0.39 is 35.2 Å². The van der Waals surface area contributed by atoms with Gasteiger partial charge < -0.3 is 24.7 Å². The SMILES string of the molecule is CCN(CC)CCCNc1nnc(-c2ccc(NC(=O)c3ccc(F)cc3OC(=O)C(F)(F)F)cc2)o1. The number of nitrogens with zero attached hydrogens (tertiary/aromatic N) is 3. The van der Waals surface area contributed by atoms with E-state index in [-0.39, 0.29) is 17.6 Å². The number of halogens is 4. The molecule has 2 aromatic carbocycles. The molecule has 37 heavy (non-hydrogen) atoms. The zero-order valence-electron chi connectivity index (χ0n) is 20.1. The Hall–Kier alpha value is -4.00. The molecule has 0 unspecified atom stereocenters. The molecule has 0 saturated heterocycles. The number of hydrogen-bond donors (Lipinski definition) is 2. The molecule has 0 fully saturated rings. The molecule has 2 N–H and O–H groups in total. The molecule has 0 saturated carbocycles. The molecule has 0 aliphatic carbocycles. The molecule has 0 bridgehead atoms. The van der Waals surface area contributed by atoms with Crippen LogP contribution in [0.25, 0.3) is 11.5 Å². The van der Waals surface area contributed by atoms with Gasteiger partial charge >= 0.3 is 18.2 Å². The molecule has 0 aliphatic heterocycles. The summed E-state index contributed by atoms with van der Waals surface area (Å²) >= 11 is 0. The molecule has 0 radical (unpaired) electrons. The second-order valence-electron chi connectivity index (χ2n) is 7.78. The maximum atomic E-state index is 13.5. The smallest absolute Gasteiger partial charge is 0.419 e. The monoisotopic (exact) mass is 523 g/mol. The molecule has 0 atom stereocenters. The average Bonchev–Trinajstić information content (AvgIpc) is 3.33. The largest absolute Gasteiger partial charge is 0.491 e. The summed E-state index contributed by atoms with van der Waals surface area (Å²) in [6, 6.07) is 8.72. The van der Waals surface area contributed by atoms with Crippen molar-refractivity contribution in [3.05, 3.63) is 53.8 Å². The first-order valence-corrected chi connectivity index (χ1v) is 11.4. The van der Waals surface area contributed by atoms with E-state index >= 15 is 0 Å². The first kappa shape index (κ1) is 27.6. The number of carbonyl (C=O) groups excluding carboxylic acids is 2. The minimum atomic E-state index is -5.31. The lowest BCUT2D eigenvalue weighted by atomic mass is 10.1. The Morgan fingerprint density at radius 3 is 2.41 bits per heavy atom. The van der Waals surface area contributed by atoms with Crippen LogP contribution >= 0.6 is 0 Å². The molecule has 0 aliphatic rings. The molecular formula is C24H25F4N5O4. The maximum Gasteiger partial charge on any atom is 0.491 e. The maximum absolute atomic E-state index is 13.5. The highest BCUT2D eigenvalue weighted by Gasteiger charge is 2.42. The zero-order valence-corrected chi connectivity index (χ0v) is 20.1. The van der Waals surface area contributed by atoms with Crippen LogP contribution in [0.2, 0.25) is 0 Å². The molecule has 3 rings (SSSR count). The van der Waals surface area contributed by atoms with E-state index in [2.05, 4.69) is 44.3 Å². The lowest BCUT2D eigenvalue weighted by Crippen LogP contribution is -2.29. The van der Waals surface area contributed by atoms with E-state index in [1.54, 1.807) is 12.1 Å². The van der Waals surface area contributed by atoms with Gasteiger partial charge in [-0.25, -0.2) is 9.18 Å². The second kappa shape index (κ2) is 12.3. The van der Waals surface area contributed by atoms with E-state index in [9.17, 15) is 27.2 Å². The Bertz CT molecular complexity index is 1210. The molecule has 198 valence electrons. The third-order valence-electron chi connectivity index (χ3n) is 5.26. The van der Waals surface area contributed by atoms with E-state index in [0.717, 1.165) is 38.2 Å². The number of carbonyl (C=O) groups is 2. The highest BCUT2D eigenvalue weighted by Crippen LogP contribution is 2.26. The summed E-state index contributed by atoms with van der Waals surface area (Å²) in [5.74, 6) is -5.09. The number of anilines is 2. The van der Waals surface area contributed by atoms with Crippen LogP contribution in [0.5, 0.6) is 5.75 Å². The van der Waals surface area contributed by atoms with Crippen LogP contribution in [-0.2, 0) is 4.79 Å². The van der Waals surface area contributed by atoms with Crippen molar-refractivity contribution in [1.29, 1.82) is 0 Å². The van der Waals surface area contributed by atoms with Gasteiger partial charge in [-0.05, 0) is 62.5 Å².